The van der Waals surface area contributed by atoms with Crippen molar-refractivity contribution in [2.75, 3.05) is 24.2 Å². The smallest absolute Gasteiger partial charge is 0.133 e. The summed E-state index contributed by atoms with van der Waals surface area (Å²) in [6.07, 6.45) is 2.70. The van der Waals surface area contributed by atoms with E-state index in [1.807, 2.05) is 13.1 Å². The molecule has 1 aromatic carbocycles. The van der Waals surface area contributed by atoms with Crippen LogP contribution in [-0.4, -0.2) is 23.6 Å². The summed E-state index contributed by atoms with van der Waals surface area (Å²) < 4.78 is 12.8. The fourth-order valence-electron chi connectivity index (χ4n) is 2.04. The largest absolute Gasteiger partial charge is 0.373 e. The molecule has 21 heavy (non-hydrogen) atoms. The zero-order valence-electron chi connectivity index (χ0n) is 12.5. The number of anilines is 2. The van der Waals surface area contributed by atoms with Gasteiger partial charge >= 0.3 is 0 Å². The molecule has 0 fully saturated rings. The van der Waals surface area contributed by atoms with Crippen LogP contribution in [0.4, 0.5) is 16.0 Å². The van der Waals surface area contributed by atoms with E-state index in [2.05, 4.69) is 27.5 Å². The highest BCUT2D eigenvalue weighted by Crippen LogP contribution is 2.12. The molecule has 0 amide bonds. The molecule has 112 valence electrons. The van der Waals surface area contributed by atoms with Gasteiger partial charge in [-0.3, -0.25) is 0 Å². The average Bonchev–Trinajstić information content (AvgIpc) is 2.49. The number of nitrogens with one attached hydrogen (secondary N) is 2. The fraction of sp³-hybridized carbons (Fsp3) is 0.375. The molecule has 1 heterocycles. The SMILES string of the molecule is CCCc1nc(NC)cc(NCCc2ccc(F)cc2)n1. The number of hydrogen-bond acceptors (Lipinski definition) is 4. The Labute approximate surface area is 124 Å². The lowest BCUT2D eigenvalue weighted by molar-refractivity contribution is 0.627. The van der Waals surface area contributed by atoms with E-state index in [1.165, 1.54) is 12.1 Å². The maximum Gasteiger partial charge on any atom is 0.133 e. The summed E-state index contributed by atoms with van der Waals surface area (Å²) in [5, 5.41) is 6.34. The molecule has 1 aromatic heterocycles. The van der Waals surface area contributed by atoms with E-state index in [4.69, 9.17) is 0 Å². The molecule has 0 bridgehead atoms. The van der Waals surface area contributed by atoms with Crippen molar-refractivity contribution in [1.29, 1.82) is 0 Å². The van der Waals surface area contributed by atoms with Crippen LogP contribution in [0.25, 0.3) is 0 Å². The van der Waals surface area contributed by atoms with E-state index in [-0.39, 0.29) is 5.82 Å². The van der Waals surface area contributed by atoms with Gasteiger partial charge in [0.1, 0.15) is 23.3 Å². The van der Waals surface area contributed by atoms with Crippen LogP contribution in [0.1, 0.15) is 24.7 Å². The molecule has 5 heteroatoms. The maximum absolute atomic E-state index is 12.8. The second-order valence-electron chi connectivity index (χ2n) is 4.86. The van der Waals surface area contributed by atoms with Crippen molar-refractivity contribution in [1.82, 2.24) is 9.97 Å². The molecule has 0 atom stereocenters. The minimum atomic E-state index is -0.203. The molecule has 0 unspecified atom stereocenters. The van der Waals surface area contributed by atoms with E-state index in [9.17, 15) is 4.39 Å². The zero-order chi connectivity index (χ0) is 15.1. The van der Waals surface area contributed by atoms with Gasteiger partial charge in [0.2, 0.25) is 0 Å². The van der Waals surface area contributed by atoms with E-state index in [1.54, 1.807) is 12.1 Å². The molecule has 0 saturated heterocycles. The number of benzene rings is 1. The van der Waals surface area contributed by atoms with Crippen LogP contribution in [0, 0.1) is 5.82 Å². The molecule has 0 radical (unpaired) electrons. The van der Waals surface area contributed by atoms with Gasteiger partial charge < -0.3 is 10.6 Å². The molecule has 0 aliphatic rings. The number of aryl methyl sites for hydroxylation is 1. The molecule has 0 spiro atoms. The minimum Gasteiger partial charge on any atom is -0.373 e. The first kappa shape index (κ1) is 15.2. The lowest BCUT2D eigenvalue weighted by Crippen LogP contribution is -2.09. The molecule has 0 aliphatic heterocycles. The molecule has 2 aromatic rings. The van der Waals surface area contributed by atoms with Crippen LogP contribution < -0.4 is 10.6 Å². The molecule has 0 saturated carbocycles. The van der Waals surface area contributed by atoms with Crippen LogP contribution in [0.3, 0.4) is 0 Å². The Hall–Kier alpha value is -2.17. The lowest BCUT2D eigenvalue weighted by atomic mass is 10.1. The van der Waals surface area contributed by atoms with Gasteiger partial charge in [-0.25, -0.2) is 14.4 Å². The topological polar surface area (TPSA) is 49.8 Å². The molecular weight excluding hydrogens is 267 g/mol. The molecule has 4 nitrogen and oxygen atoms in total. The Kier molecular flexibility index (Phi) is 5.49. The summed E-state index contributed by atoms with van der Waals surface area (Å²) in [7, 11) is 1.85. The number of nitrogens with zero attached hydrogens (tertiary/aromatic N) is 2. The van der Waals surface area contributed by atoms with Gasteiger partial charge in [0.25, 0.3) is 0 Å². The Balaban J connectivity index is 1.95. The summed E-state index contributed by atoms with van der Waals surface area (Å²) in [5.41, 5.74) is 1.10. The van der Waals surface area contributed by atoms with Crippen LogP contribution in [-0.2, 0) is 12.8 Å². The van der Waals surface area contributed by atoms with Crippen LogP contribution >= 0.6 is 0 Å². The van der Waals surface area contributed by atoms with Crippen molar-refractivity contribution in [2.24, 2.45) is 0 Å². The predicted molar refractivity (Wildman–Crippen MR) is 84.2 cm³/mol. The molecule has 0 aliphatic carbocycles. The summed E-state index contributed by atoms with van der Waals surface area (Å²) in [5.74, 6) is 2.27. The number of halogens is 1. The second-order valence-corrected chi connectivity index (χ2v) is 4.86. The van der Waals surface area contributed by atoms with Gasteiger partial charge in [-0.2, -0.15) is 0 Å². The quantitative estimate of drug-likeness (QED) is 0.821. The first-order valence-corrected chi connectivity index (χ1v) is 7.25. The Morgan fingerprint density at radius 1 is 1.05 bits per heavy atom. The standard InChI is InChI=1S/C16H21FN4/c1-3-4-14-20-15(18-2)11-16(21-14)19-10-9-12-5-7-13(17)8-6-12/h5-8,11H,3-4,9-10H2,1-2H3,(H2,18,19,20,21). The second kappa shape index (κ2) is 7.57. The van der Waals surface area contributed by atoms with Crippen molar-refractivity contribution in [2.45, 2.75) is 26.2 Å². The normalized spacial score (nSPS) is 10.4. The van der Waals surface area contributed by atoms with Crippen molar-refractivity contribution in [3.63, 3.8) is 0 Å². The highest BCUT2D eigenvalue weighted by atomic mass is 19.1. The maximum atomic E-state index is 12.8. The van der Waals surface area contributed by atoms with Gasteiger partial charge in [0.15, 0.2) is 0 Å². The van der Waals surface area contributed by atoms with E-state index < -0.39 is 0 Å². The van der Waals surface area contributed by atoms with Gasteiger partial charge in [0, 0.05) is 26.1 Å². The Morgan fingerprint density at radius 2 is 1.76 bits per heavy atom. The number of rotatable bonds is 7. The average molecular weight is 288 g/mol. The lowest BCUT2D eigenvalue weighted by Gasteiger charge is -2.09. The molecular formula is C16H21FN4. The van der Waals surface area contributed by atoms with Crippen molar-refractivity contribution < 1.29 is 4.39 Å². The monoisotopic (exact) mass is 288 g/mol. The summed E-state index contributed by atoms with van der Waals surface area (Å²) in [6.45, 7) is 2.86. The molecule has 2 rings (SSSR count). The van der Waals surface area contributed by atoms with Crippen molar-refractivity contribution in [3.05, 3.63) is 47.5 Å². The van der Waals surface area contributed by atoms with Crippen LogP contribution in [0.2, 0.25) is 0 Å². The van der Waals surface area contributed by atoms with Crippen LogP contribution in [0.15, 0.2) is 30.3 Å². The first-order valence-electron chi connectivity index (χ1n) is 7.25. The summed E-state index contributed by atoms with van der Waals surface area (Å²) >= 11 is 0. The third kappa shape index (κ3) is 4.70. The minimum absolute atomic E-state index is 0.203. The Bertz CT molecular complexity index is 569. The summed E-state index contributed by atoms with van der Waals surface area (Å²) in [4.78, 5) is 8.91. The van der Waals surface area contributed by atoms with E-state index in [0.717, 1.165) is 48.8 Å². The Morgan fingerprint density at radius 3 is 2.43 bits per heavy atom. The third-order valence-corrected chi connectivity index (χ3v) is 3.14. The molecule has 2 N–H and O–H groups in total. The van der Waals surface area contributed by atoms with Crippen molar-refractivity contribution >= 4 is 11.6 Å². The van der Waals surface area contributed by atoms with E-state index >= 15 is 0 Å². The predicted octanol–water partition coefficient (Wildman–Crippen LogP) is 3.26. The van der Waals surface area contributed by atoms with Gasteiger partial charge in [0.05, 0.1) is 0 Å². The number of aromatic nitrogens is 2. The fourth-order valence-corrected chi connectivity index (χ4v) is 2.04. The highest BCUT2D eigenvalue weighted by Gasteiger charge is 2.03. The zero-order valence-corrected chi connectivity index (χ0v) is 12.5. The van der Waals surface area contributed by atoms with Gasteiger partial charge in [-0.1, -0.05) is 19.1 Å². The first-order chi connectivity index (χ1) is 10.2. The van der Waals surface area contributed by atoms with Gasteiger partial charge in [-0.05, 0) is 30.5 Å². The van der Waals surface area contributed by atoms with Gasteiger partial charge in [-0.15, -0.1) is 0 Å². The third-order valence-electron chi connectivity index (χ3n) is 3.14. The summed E-state index contributed by atoms with van der Waals surface area (Å²) in [6, 6.07) is 8.47. The van der Waals surface area contributed by atoms with Crippen LogP contribution in [0.5, 0.6) is 0 Å². The van der Waals surface area contributed by atoms with Crippen molar-refractivity contribution in [3.8, 4) is 0 Å². The number of hydrogen-bond donors (Lipinski definition) is 2. The van der Waals surface area contributed by atoms with E-state index in [0.29, 0.717) is 0 Å². The highest BCUT2D eigenvalue weighted by molar-refractivity contribution is 5.47.